The van der Waals surface area contributed by atoms with Crippen molar-refractivity contribution in [1.82, 2.24) is 10.2 Å². The number of aromatic nitrogens is 2. The second-order valence-electron chi connectivity index (χ2n) is 2.16. The third kappa shape index (κ3) is 3.60. The second kappa shape index (κ2) is 5.03. The predicted molar refractivity (Wildman–Crippen MR) is 52.1 cm³/mol. The molecule has 0 aromatic carbocycles. The van der Waals surface area contributed by atoms with Crippen molar-refractivity contribution in [1.29, 1.82) is 0 Å². The average molecular weight is 219 g/mol. The van der Waals surface area contributed by atoms with Gasteiger partial charge >= 0.3 is 0 Å². The van der Waals surface area contributed by atoms with Gasteiger partial charge in [-0.05, 0) is 0 Å². The minimum absolute atomic E-state index is 0.0239. The molecule has 0 radical (unpaired) electrons. The number of anilines is 1. The van der Waals surface area contributed by atoms with Crippen molar-refractivity contribution in [2.75, 3.05) is 16.8 Å². The number of nitrogens with zero attached hydrogens (tertiary/aromatic N) is 2. The summed E-state index contributed by atoms with van der Waals surface area (Å²) in [5, 5.41) is 10.1. The molecule has 13 heavy (non-hydrogen) atoms. The summed E-state index contributed by atoms with van der Waals surface area (Å²) in [7, 11) is -1.07. The fourth-order valence-electron chi connectivity index (χ4n) is 0.631. The fourth-order valence-corrected chi connectivity index (χ4v) is 1.66. The van der Waals surface area contributed by atoms with Crippen molar-refractivity contribution in [2.45, 2.75) is 6.92 Å². The van der Waals surface area contributed by atoms with Crippen LogP contribution in [0.4, 0.5) is 5.13 Å². The Morgan fingerprint density at radius 2 is 2.54 bits per heavy atom. The summed E-state index contributed by atoms with van der Waals surface area (Å²) in [6, 6.07) is 0. The van der Waals surface area contributed by atoms with Gasteiger partial charge in [0.15, 0.2) is 0 Å². The molecule has 0 aliphatic heterocycles. The summed E-state index contributed by atoms with van der Waals surface area (Å²) in [6.07, 6.45) is 0. The molecule has 7 heteroatoms. The number of rotatable bonds is 4. The average Bonchev–Trinajstić information content (AvgIpc) is 2.56. The van der Waals surface area contributed by atoms with Crippen molar-refractivity contribution in [3.63, 3.8) is 0 Å². The molecule has 0 fully saturated rings. The molecule has 1 aromatic rings. The Bertz CT molecular complexity index is 299. The molecule has 1 atom stereocenters. The van der Waals surface area contributed by atoms with Crippen LogP contribution in [-0.4, -0.2) is 31.8 Å². The highest BCUT2D eigenvalue weighted by Crippen LogP contribution is 2.07. The van der Waals surface area contributed by atoms with E-state index in [2.05, 4.69) is 15.5 Å². The molecule has 0 saturated carbocycles. The summed E-state index contributed by atoms with van der Waals surface area (Å²) in [4.78, 5) is 11.1. The number of hydrogen-bond acceptors (Lipinski definition) is 5. The van der Waals surface area contributed by atoms with Crippen molar-refractivity contribution >= 4 is 33.2 Å². The van der Waals surface area contributed by atoms with Gasteiger partial charge in [-0.3, -0.25) is 14.3 Å². The first-order valence-corrected chi connectivity index (χ1v) is 6.00. The van der Waals surface area contributed by atoms with Crippen LogP contribution in [0, 0.1) is 0 Å². The Balaban J connectivity index is 2.38. The van der Waals surface area contributed by atoms with Crippen LogP contribution in [0.5, 0.6) is 0 Å². The van der Waals surface area contributed by atoms with E-state index in [9.17, 15) is 9.00 Å². The standard InChI is InChI=1S/C6H9N3O2S2/c1-2-13(11)3-5(10)8-6-9-7-4-12-6/h4H,2-3H2,1H3,(H,8,9,10). The maximum absolute atomic E-state index is 11.1. The van der Waals surface area contributed by atoms with E-state index >= 15 is 0 Å². The summed E-state index contributed by atoms with van der Waals surface area (Å²) < 4.78 is 11.0. The van der Waals surface area contributed by atoms with E-state index in [0.29, 0.717) is 10.9 Å². The number of hydrogen-bond donors (Lipinski definition) is 1. The van der Waals surface area contributed by atoms with Crippen LogP contribution < -0.4 is 5.32 Å². The van der Waals surface area contributed by atoms with Gasteiger partial charge in [-0.15, -0.1) is 10.2 Å². The predicted octanol–water partition coefficient (Wildman–Crippen LogP) is 0.245. The van der Waals surface area contributed by atoms with Crippen LogP contribution in [0.1, 0.15) is 6.92 Å². The van der Waals surface area contributed by atoms with E-state index in [1.165, 1.54) is 16.8 Å². The Hall–Kier alpha value is -0.820. The minimum atomic E-state index is -1.07. The molecule has 0 aliphatic carbocycles. The maximum atomic E-state index is 11.1. The Morgan fingerprint density at radius 3 is 3.08 bits per heavy atom. The topological polar surface area (TPSA) is 72.0 Å². The maximum Gasteiger partial charge on any atom is 0.238 e. The summed E-state index contributed by atoms with van der Waals surface area (Å²) in [5.41, 5.74) is 1.52. The number of carbonyl (C=O) groups excluding carboxylic acids is 1. The first-order chi connectivity index (χ1) is 6.22. The zero-order valence-corrected chi connectivity index (χ0v) is 8.65. The zero-order valence-electron chi connectivity index (χ0n) is 7.02. The molecule has 0 saturated heterocycles. The van der Waals surface area contributed by atoms with Gasteiger partial charge in [-0.25, -0.2) is 0 Å². The van der Waals surface area contributed by atoms with E-state index in [0.717, 1.165) is 0 Å². The molecule has 1 rings (SSSR count). The van der Waals surface area contributed by atoms with Crippen LogP contribution >= 0.6 is 11.3 Å². The number of nitrogens with one attached hydrogen (secondary N) is 1. The molecule has 0 bridgehead atoms. The fraction of sp³-hybridized carbons (Fsp3) is 0.500. The molecule has 1 heterocycles. The van der Waals surface area contributed by atoms with E-state index in [4.69, 9.17) is 0 Å². The Labute approximate surface area is 82.0 Å². The molecule has 5 nitrogen and oxygen atoms in total. The lowest BCUT2D eigenvalue weighted by Crippen LogP contribution is -2.20. The Morgan fingerprint density at radius 1 is 1.77 bits per heavy atom. The highest BCUT2D eigenvalue weighted by atomic mass is 32.2. The Kier molecular flexibility index (Phi) is 3.97. The SMILES string of the molecule is CCS(=O)CC(=O)Nc1nncs1. The number of carbonyl (C=O) groups is 1. The van der Waals surface area contributed by atoms with E-state index < -0.39 is 10.8 Å². The molecule has 0 spiro atoms. The lowest BCUT2D eigenvalue weighted by atomic mass is 10.7. The van der Waals surface area contributed by atoms with Gasteiger partial charge in [-0.1, -0.05) is 18.3 Å². The third-order valence-corrected chi connectivity index (χ3v) is 3.06. The van der Waals surface area contributed by atoms with Gasteiger partial charge in [0.2, 0.25) is 11.0 Å². The molecule has 1 N–H and O–H groups in total. The van der Waals surface area contributed by atoms with E-state index in [1.54, 1.807) is 6.92 Å². The lowest BCUT2D eigenvalue weighted by Gasteiger charge is -1.98. The molecule has 0 aliphatic rings. The highest BCUT2D eigenvalue weighted by molar-refractivity contribution is 7.85. The lowest BCUT2D eigenvalue weighted by molar-refractivity contribution is -0.113. The van der Waals surface area contributed by atoms with Gasteiger partial charge in [0.25, 0.3) is 0 Å². The van der Waals surface area contributed by atoms with Crippen LogP contribution in [0.15, 0.2) is 5.51 Å². The van der Waals surface area contributed by atoms with Gasteiger partial charge in [-0.2, -0.15) is 0 Å². The molecular formula is C6H9N3O2S2. The quantitative estimate of drug-likeness (QED) is 0.787. The van der Waals surface area contributed by atoms with Crippen molar-refractivity contribution < 1.29 is 9.00 Å². The van der Waals surface area contributed by atoms with Crippen molar-refractivity contribution in [3.05, 3.63) is 5.51 Å². The second-order valence-corrected chi connectivity index (χ2v) is 4.74. The zero-order chi connectivity index (χ0) is 9.68. The minimum Gasteiger partial charge on any atom is -0.300 e. The number of amides is 1. The molecule has 1 unspecified atom stereocenters. The third-order valence-electron chi connectivity index (χ3n) is 1.22. The van der Waals surface area contributed by atoms with Crippen LogP contribution in [-0.2, 0) is 15.6 Å². The smallest absolute Gasteiger partial charge is 0.238 e. The summed E-state index contributed by atoms with van der Waals surface area (Å²) >= 11 is 1.23. The van der Waals surface area contributed by atoms with Crippen LogP contribution in [0.2, 0.25) is 0 Å². The van der Waals surface area contributed by atoms with Crippen molar-refractivity contribution in [3.8, 4) is 0 Å². The largest absolute Gasteiger partial charge is 0.300 e. The van der Waals surface area contributed by atoms with E-state index in [-0.39, 0.29) is 11.7 Å². The van der Waals surface area contributed by atoms with Crippen LogP contribution in [0.3, 0.4) is 0 Å². The molecule has 1 aromatic heterocycles. The molecule has 72 valence electrons. The van der Waals surface area contributed by atoms with Gasteiger partial charge < -0.3 is 0 Å². The van der Waals surface area contributed by atoms with Gasteiger partial charge in [0, 0.05) is 16.6 Å². The first kappa shape index (κ1) is 10.3. The van der Waals surface area contributed by atoms with E-state index in [1.807, 2.05) is 0 Å². The monoisotopic (exact) mass is 219 g/mol. The molecule has 1 amide bonds. The van der Waals surface area contributed by atoms with Crippen molar-refractivity contribution in [2.24, 2.45) is 0 Å². The summed E-state index contributed by atoms with van der Waals surface area (Å²) in [6.45, 7) is 1.77. The first-order valence-electron chi connectivity index (χ1n) is 3.63. The van der Waals surface area contributed by atoms with Crippen LogP contribution in [0.25, 0.3) is 0 Å². The van der Waals surface area contributed by atoms with Gasteiger partial charge in [0.1, 0.15) is 11.3 Å². The highest BCUT2D eigenvalue weighted by Gasteiger charge is 2.07. The van der Waals surface area contributed by atoms with Gasteiger partial charge in [0.05, 0.1) is 0 Å². The summed E-state index contributed by atoms with van der Waals surface area (Å²) in [5.74, 6) is 0.233. The normalized spacial score (nSPS) is 12.4. The molecular weight excluding hydrogens is 210 g/mol.